The highest BCUT2D eigenvalue weighted by atomic mass is 32.1. The molecule has 2 N–H and O–H groups in total. The predicted octanol–water partition coefficient (Wildman–Crippen LogP) is 4.07. The van der Waals surface area contributed by atoms with E-state index in [4.69, 9.17) is 0 Å². The maximum absolute atomic E-state index is 12.3. The van der Waals surface area contributed by atoms with Crippen molar-refractivity contribution in [2.75, 3.05) is 0 Å². The molecule has 0 fully saturated rings. The van der Waals surface area contributed by atoms with Crippen molar-refractivity contribution in [3.63, 3.8) is 0 Å². The van der Waals surface area contributed by atoms with Crippen molar-refractivity contribution >= 4 is 17.2 Å². The molecule has 3 aromatic heterocycles. The molecule has 0 saturated heterocycles. The molecule has 4 rings (SSSR count). The quantitative estimate of drug-likeness (QED) is 0.508. The van der Waals surface area contributed by atoms with E-state index >= 15 is 0 Å². The molecule has 4 aromatic rings. The lowest BCUT2D eigenvalue weighted by atomic mass is 10.0. The summed E-state index contributed by atoms with van der Waals surface area (Å²) in [4.78, 5) is 21.8. The molecule has 0 atom stereocenters. The number of nitrogens with zero attached hydrogens (tertiary/aromatic N) is 3. The number of benzene rings is 1. The second kappa shape index (κ2) is 8.36. The fraction of sp³-hybridized carbons (Fsp3) is 0.182. The molecule has 0 saturated carbocycles. The normalized spacial score (nSPS) is 10.8. The fourth-order valence-corrected chi connectivity index (χ4v) is 4.18. The van der Waals surface area contributed by atoms with Gasteiger partial charge in [0.15, 0.2) is 0 Å². The van der Waals surface area contributed by atoms with Crippen molar-refractivity contribution in [2.24, 2.45) is 0 Å². The van der Waals surface area contributed by atoms with E-state index in [0.717, 1.165) is 43.5 Å². The van der Waals surface area contributed by atoms with Crippen molar-refractivity contribution in [3.05, 3.63) is 76.1 Å². The summed E-state index contributed by atoms with van der Waals surface area (Å²) < 4.78 is 0. The molecule has 0 spiro atoms. The molecule has 1 amide bonds. The number of pyridine rings is 1. The van der Waals surface area contributed by atoms with Crippen molar-refractivity contribution in [3.8, 4) is 22.4 Å². The van der Waals surface area contributed by atoms with Crippen LogP contribution < -0.4 is 5.32 Å². The van der Waals surface area contributed by atoms with Gasteiger partial charge in [-0.25, -0.2) is 4.98 Å². The van der Waals surface area contributed by atoms with E-state index in [9.17, 15) is 4.79 Å². The number of hydrogen-bond acceptors (Lipinski definition) is 5. The Bertz CT molecular complexity index is 1130. The number of amides is 1. The van der Waals surface area contributed by atoms with Crippen LogP contribution in [0.5, 0.6) is 0 Å². The van der Waals surface area contributed by atoms with Gasteiger partial charge >= 0.3 is 0 Å². The van der Waals surface area contributed by atoms with Crippen LogP contribution in [0, 0.1) is 13.8 Å². The van der Waals surface area contributed by atoms with Gasteiger partial charge < -0.3 is 5.32 Å². The van der Waals surface area contributed by atoms with Crippen LogP contribution >= 0.6 is 11.3 Å². The first-order valence-electron chi connectivity index (χ1n) is 9.33. The second-order valence-electron chi connectivity index (χ2n) is 6.79. The Kier molecular flexibility index (Phi) is 5.48. The zero-order valence-corrected chi connectivity index (χ0v) is 17.1. The Morgan fingerprint density at radius 2 is 1.97 bits per heavy atom. The third kappa shape index (κ3) is 4.41. The molecule has 0 unspecified atom stereocenters. The summed E-state index contributed by atoms with van der Waals surface area (Å²) in [6.45, 7) is 4.38. The second-order valence-corrected chi connectivity index (χ2v) is 8.08. The third-order valence-electron chi connectivity index (χ3n) is 4.66. The lowest BCUT2D eigenvalue weighted by Crippen LogP contribution is -2.24. The molecule has 3 heterocycles. The standard InChI is InChI=1S/C22H21N5OS/c1-14-20(29-15(2)26-14)11-21(28)24-12-16-4-3-5-18(10-16)22-19(13-25-27-22)17-6-8-23-9-7-17/h3-10,13H,11-12H2,1-2H3,(H,24,28)(H,25,27). The summed E-state index contributed by atoms with van der Waals surface area (Å²) in [5, 5.41) is 11.3. The van der Waals surface area contributed by atoms with Crippen LogP contribution in [0.25, 0.3) is 22.4 Å². The summed E-state index contributed by atoms with van der Waals surface area (Å²) >= 11 is 1.58. The molecule has 0 aliphatic heterocycles. The van der Waals surface area contributed by atoms with E-state index < -0.39 is 0 Å². The van der Waals surface area contributed by atoms with Crippen LogP contribution in [-0.4, -0.2) is 26.1 Å². The van der Waals surface area contributed by atoms with Crippen LogP contribution in [0.1, 0.15) is 21.1 Å². The summed E-state index contributed by atoms with van der Waals surface area (Å²) in [5.41, 5.74) is 6.01. The first kappa shape index (κ1) is 19.0. The number of aryl methyl sites for hydroxylation is 2. The number of H-pyrrole nitrogens is 1. The van der Waals surface area contributed by atoms with Crippen molar-refractivity contribution in [1.29, 1.82) is 0 Å². The number of carbonyl (C=O) groups excluding carboxylic acids is 1. The summed E-state index contributed by atoms with van der Waals surface area (Å²) in [6.07, 6.45) is 5.72. The van der Waals surface area contributed by atoms with E-state index in [1.54, 1.807) is 23.7 Å². The zero-order chi connectivity index (χ0) is 20.2. The highest BCUT2D eigenvalue weighted by Crippen LogP contribution is 2.30. The van der Waals surface area contributed by atoms with Gasteiger partial charge in [-0.2, -0.15) is 5.10 Å². The Hall–Kier alpha value is -3.32. The predicted molar refractivity (Wildman–Crippen MR) is 114 cm³/mol. The lowest BCUT2D eigenvalue weighted by Gasteiger charge is -2.08. The average Bonchev–Trinajstić information content (AvgIpc) is 3.34. The molecule has 7 heteroatoms. The van der Waals surface area contributed by atoms with Crippen LogP contribution in [0.2, 0.25) is 0 Å². The number of thiazole rings is 1. The minimum absolute atomic E-state index is 0.00108. The van der Waals surface area contributed by atoms with Crippen LogP contribution in [-0.2, 0) is 17.8 Å². The number of rotatable bonds is 6. The monoisotopic (exact) mass is 403 g/mol. The Morgan fingerprint density at radius 1 is 1.14 bits per heavy atom. The topological polar surface area (TPSA) is 83.6 Å². The Morgan fingerprint density at radius 3 is 2.72 bits per heavy atom. The minimum atomic E-state index is 0.00108. The van der Waals surface area contributed by atoms with Crippen LogP contribution in [0.3, 0.4) is 0 Å². The Labute approximate surface area is 173 Å². The summed E-state index contributed by atoms with van der Waals surface area (Å²) in [6, 6.07) is 12.0. The molecule has 1 aromatic carbocycles. The summed E-state index contributed by atoms with van der Waals surface area (Å²) in [5.74, 6) is 0.00108. The average molecular weight is 404 g/mol. The maximum Gasteiger partial charge on any atom is 0.225 e. The van der Waals surface area contributed by atoms with E-state index in [1.165, 1.54) is 0 Å². The van der Waals surface area contributed by atoms with E-state index in [1.807, 2.05) is 50.4 Å². The van der Waals surface area contributed by atoms with E-state index in [0.29, 0.717) is 13.0 Å². The maximum atomic E-state index is 12.3. The first-order valence-corrected chi connectivity index (χ1v) is 10.1. The van der Waals surface area contributed by atoms with Gasteiger partial charge in [-0.15, -0.1) is 11.3 Å². The highest BCUT2D eigenvalue weighted by Gasteiger charge is 2.12. The smallest absolute Gasteiger partial charge is 0.225 e. The largest absolute Gasteiger partial charge is 0.352 e. The molecular formula is C22H21N5OS. The highest BCUT2D eigenvalue weighted by molar-refractivity contribution is 7.11. The van der Waals surface area contributed by atoms with E-state index in [2.05, 4.69) is 31.5 Å². The lowest BCUT2D eigenvalue weighted by molar-refractivity contribution is -0.120. The van der Waals surface area contributed by atoms with Gasteiger partial charge in [-0.3, -0.25) is 14.9 Å². The van der Waals surface area contributed by atoms with Gasteiger partial charge in [-0.05, 0) is 43.2 Å². The van der Waals surface area contributed by atoms with Crippen LogP contribution in [0.15, 0.2) is 55.0 Å². The minimum Gasteiger partial charge on any atom is -0.352 e. The zero-order valence-electron chi connectivity index (χ0n) is 16.3. The van der Waals surface area contributed by atoms with Crippen molar-refractivity contribution in [1.82, 2.24) is 25.5 Å². The van der Waals surface area contributed by atoms with Gasteiger partial charge in [0.1, 0.15) is 0 Å². The number of nitrogens with one attached hydrogen (secondary N) is 2. The molecule has 0 radical (unpaired) electrons. The molecule has 0 aliphatic rings. The van der Waals surface area contributed by atoms with Gasteiger partial charge in [0.05, 0.1) is 29.0 Å². The molecule has 29 heavy (non-hydrogen) atoms. The number of aromatic nitrogens is 4. The van der Waals surface area contributed by atoms with Gasteiger partial charge in [0.25, 0.3) is 0 Å². The Balaban J connectivity index is 1.47. The van der Waals surface area contributed by atoms with E-state index in [-0.39, 0.29) is 5.91 Å². The third-order valence-corrected chi connectivity index (χ3v) is 5.73. The van der Waals surface area contributed by atoms with Gasteiger partial charge in [0.2, 0.25) is 5.91 Å². The number of carbonyl (C=O) groups is 1. The van der Waals surface area contributed by atoms with Crippen molar-refractivity contribution < 1.29 is 4.79 Å². The van der Waals surface area contributed by atoms with Crippen molar-refractivity contribution in [2.45, 2.75) is 26.8 Å². The fourth-order valence-electron chi connectivity index (χ4n) is 3.24. The molecular weight excluding hydrogens is 382 g/mol. The molecule has 6 nitrogen and oxygen atoms in total. The SMILES string of the molecule is Cc1nc(C)c(CC(=O)NCc2cccc(-c3[nH]ncc3-c3ccncc3)c2)s1. The molecule has 146 valence electrons. The molecule has 0 bridgehead atoms. The number of hydrogen-bond donors (Lipinski definition) is 2. The van der Waals surface area contributed by atoms with Gasteiger partial charge in [0, 0.05) is 34.9 Å². The van der Waals surface area contributed by atoms with Crippen LogP contribution in [0.4, 0.5) is 0 Å². The first-order chi connectivity index (χ1) is 14.1. The van der Waals surface area contributed by atoms with Gasteiger partial charge in [-0.1, -0.05) is 18.2 Å². The summed E-state index contributed by atoms with van der Waals surface area (Å²) in [7, 11) is 0. The number of aromatic amines is 1. The molecule has 0 aliphatic carbocycles.